The Hall–Kier alpha value is -1.48. The molecule has 1 fully saturated rings. The van der Waals surface area contributed by atoms with E-state index in [9.17, 15) is 8.42 Å². The van der Waals surface area contributed by atoms with Crippen LogP contribution in [0.5, 0.6) is 0 Å². The molecule has 1 atom stereocenters. The van der Waals surface area contributed by atoms with E-state index in [0.717, 1.165) is 11.3 Å². The van der Waals surface area contributed by atoms with Crippen molar-refractivity contribution in [1.29, 1.82) is 5.26 Å². The lowest BCUT2D eigenvalue weighted by Crippen LogP contribution is -2.33. The molecule has 98 valence electrons. The van der Waals surface area contributed by atoms with E-state index in [2.05, 4.69) is 6.07 Å². The standard InChI is InChI=1S/C12H17N3O2S/c1-8-9(2)15(11(14)10(8)6-13)12(3)4-5-18(16,17)7-12/h4-5,7,14H2,1-3H3. The van der Waals surface area contributed by atoms with Gasteiger partial charge in [-0.1, -0.05) is 0 Å². The van der Waals surface area contributed by atoms with Crippen molar-refractivity contribution in [2.45, 2.75) is 32.7 Å². The van der Waals surface area contributed by atoms with E-state index in [-0.39, 0.29) is 11.5 Å². The van der Waals surface area contributed by atoms with Crippen LogP contribution < -0.4 is 5.73 Å². The largest absolute Gasteiger partial charge is 0.384 e. The third-order valence-electron chi connectivity index (χ3n) is 3.88. The number of nitrogen functional groups attached to an aromatic ring is 1. The van der Waals surface area contributed by atoms with Gasteiger partial charge in [-0.3, -0.25) is 0 Å². The Kier molecular flexibility index (Phi) is 2.70. The number of hydrogen-bond donors (Lipinski definition) is 1. The number of nitrogens with two attached hydrogens (primary N) is 1. The lowest BCUT2D eigenvalue weighted by Gasteiger charge is -2.28. The second kappa shape index (κ2) is 3.75. The zero-order chi connectivity index (χ0) is 13.7. The Morgan fingerprint density at radius 2 is 2.06 bits per heavy atom. The minimum atomic E-state index is -3.01. The molecule has 1 unspecified atom stereocenters. The molecule has 1 aromatic heterocycles. The number of nitrogens with zero attached hydrogens (tertiary/aromatic N) is 2. The maximum atomic E-state index is 11.7. The lowest BCUT2D eigenvalue weighted by molar-refractivity contribution is 0.365. The zero-order valence-electron chi connectivity index (χ0n) is 10.8. The molecule has 0 saturated carbocycles. The Bertz CT molecular complexity index is 652. The van der Waals surface area contributed by atoms with Crippen molar-refractivity contribution in [3.8, 4) is 6.07 Å². The first-order valence-corrected chi connectivity index (χ1v) is 7.62. The molecule has 5 nitrogen and oxygen atoms in total. The van der Waals surface area contributed by atoms with Crippen molar-refractivity contribution in [3.63, 3.8) is 0 Å². The van der Waals surface area contributed by atoms with Gasteiger partial charge in [0.25, 0.3) is 0 Å². The molecule has 1 saturated heterocycles. The van der Waals surface area contributed by atoms with Gasteiger partial charge in [0, 0.05) is 5.69 Å². The van der Waals surface area contributed by atoms with Crippen LogP contribution in [0, 0.1) is 25.2 Å². The molecule has 0 aromatic carbocycles. The highest BCUT2D eigenvalue weighted by Gasteiger charge is 2.42. The molecule has 1 aromatic rings. The maximum Gasteiger partial charge on any atom is 0.152 e. The van der Waals surface area contributed by atoms with Crippen LogP contribution in [-0.2, 0) is 15.4 Å². The van der Waals surface area contributed by atoms with Gasteiger partial charge in [0.2, 0.25) is 0 Å². The van der Waals surface area contributed by atoms with Crippen molar-refractivity contribution in [2.75, 3.05) is 17.2 Å². The van der Waals surface area contributed by atoms with E-state index < -0.39 is 15.4 Å². The van der Waals surface area contributed by atoms with E-state index >= 15 is 0 Å². The summed E-state index contributed by atoms with van der Waals surface area (Å²) in [6, 6.07) is 2.09. The van der Waals surface area contributed by atoms with Crippen molar-refractivity contribution in [1.82, 2.24) is 4.57 Å². The van der Waals surface area contributed by atoms with Gasteiger partial charge in [-0.25, -0.2) is 8.42 Å². The molecule has 2 rings (SSSR count). The van der Waals surface area contributed by atoms with Gasteiger partial charge in [-0.15, -0.1) is 0 Å². The topological polar surface area (TPSA) is 88.9 Å². The Balaban J connectivity index is 2.64. The minimum Gasteiger partial charge on any atom is -0.384 e. The molecule has 0 bridgehead atoms. The van der Waals surface area contributed by atoms with Gasteiger partial charge in [-0.2, -0.15) is 5.26 Å². The first kappa shape index (κ1) is 13.0. The van der Waals surface area contributed by atoms with E-state index in [4.69, 9.17) is 11.0 Å². The normalized spacial score (nSPS) is 26.1. The van der Waals surface area contributed by atoms with Gasteiger partial charge in [-0.05, 0) is 32.8 Å². The number of rotatable bonds is 1. The summed E-state index contributed by atoms with van der Waals surface area (Å²) in [6.07, 6.45) is 0.541. The zero-order valence-corrected chi connectivity index (χ0v) is 11.6. The summed E-state index contributed by atoms with van der Waals surface area (Å²) in [5, 5.41) is 9.10. The van der Waals surface area contributed by atoms with Gasteiger partial charge < -0.3 is 10.3 Å². The molecular weight excluding hydrogens is 250 g/mol. The molecule has 0 amide bonds. The average molecular weight is 267 g/mol. The Labute approximate surface area is 107 Å². The maximum absolute atomic E-state index is 11.7. The predicted molar refractivity (Wildman–Crippen MR) is 70.0 cm³/mol. The first-order valence-electron chi connectivity index (χ1n) is 5.80. The van der Waals surface area contributed by atoms with Crippen molar-refractivity contribution < 1.29 is 8.42 Å². The quantitative estimate of drug-likeness (QED) is 0.825. The van der Waals surface area contributed by atoms with Gasteiger partial charge in [0.05, 0.1) is 22.6 Å². The summed E-state index contributed by atoms with van der Waals surface area (Å²) in [6.45, 7) is 5.61. The highest BCUT2D eigenvalue weighted by Crippen LogP contribution is 2.37. The van der Waals surface area contributed by atoms with Crippen LogP contribution >= 0.6 is 0 Å². The molecule has 6 heteroatoms. The van der Waals surface area contributed by atoms with Crippen LogP contribution in [0.25, 0.3) is 0 Å². The van der Waals surface area contributed by atoms with Crippen molar-refractivity contribution in [3.05, 3.63) is 16.8 Å². The van der Waals surface area contributed by atoms with E-state index in [1.165, 1.54) is 0 Å². The molecule has 2 heterocycles. The van der Waals surface area contributed by atoms with E-state index in [1.54, 1.807) is 0 Å². The highest BCUT2D eigenvalue weighted by atomic mass is 32.2. The summed E-state index contributed by atoms with van der Waals surface area (Å²) >= 11 is 0. The van der Waals surface area contributed by atoms with Crippen LogP contribution in [0.4, 0.5) is 5.82 Å². The van der Waals surface area contributed by atoms with E-state index in [0.29, 0.717) is 17.8 Å². The lowest BCUT2D eigenvalue weighted by atomic mass is 10.0. The number of anilines is 1. The number of hydrogen-bond acceptors (Lipinski definition) is 4. The number of aromatic nitrogens is 1. The smallest absolute Gasteiger partial charge is 0.152 e. The highest BCUT2D eigenvalue weighted by molar-refractivity contribution is 7.91. The minimum absolute atomic E-state index is 0.0873. The summed E-state index contributed by atoms with van der Waals surface area (Å²) < 4.78 is 25.2. The predicted octanol–water partition coefficient (Wildman–Crippen LogP) is 1.09. The SMILES string of the molecule is Cc1c(C#N)c(N)n(C2(C)CCS(=O)(=O)C2)c1C. The second-order valence-electron chi connectivity index (χ2n) is 5.26. The monoisotopic (exact) mass is 267 g/mol. The molecule has 0 radical (unpaired) electrons. The van der Waals surface area contributed by atoms with Gasteiger partial charge in [0.15, 0.2) is 9.84 Å². The van der Waals surface area contributed by atoms with E-state index in [1.807, 2.05) is 25.3 Å². The molecular formula is C12H17N3O2S. The third-order valence-corrected chi connectivity index (χ3v) is 5.77. The van der Waals surface area contributed by atoms with Crippen LogP contribution in [0.3, 0.4) is 0 Å². The fourth-order valence-corrected chi connectivity index (χ4v) is 4.96. The summed E-state index contributed by atoms with van der Waals surface area (Å²) in [5.74, 6) is 0.651. The Morgan fingerprint density at radius 1 is 1.44 bits per heavy atom. The van der Waals surface area contributed by atoms with Crippen molar-refractivity contribution >= 4 is 15.7 Å². The fraction of sp³-hybridized carbons (Fsp3) is 0.583. The fourth-order valence-electron chi connectivity index (χ4n) is 2.84. The van der Waals surface area contributed by atoms with Crippen molar-refractivity contribution in [2.24, 2.45) is 0 Å². The van der Waals surface area contributed by atoms with Crippen LogP contribution in [0.2, 0.25) is 0 Å². The third kappa shape index (κ3) is 1.70. The summed E-state index contributed by atoms with van der Waals surface area (Å²) in [5.41, 5.74) is 7.65. The van der Waals surface area contributed by atoms with Crippen LogP contribution in [0.15, 0.2) is 0 Å². The number of sulfone groups is 1. The first-order chi connectivity index (χ1) is 8.22. The van der Waals surface area contributed by atoms with Crippen LogP contribution in [0.1, 0.15) is 30.2 Å². The molecule has 0 spiro atoms. The van der Waals surface area contributed by atoms with Gasteiger partial charge >= 0.3 is 0 Å². The number of nitriles is 1. The van der Waals surface area contributed by atoms with Gasteiger partial charge in [0.1, 0.15) is 11.9 Å². The second-order valence-corrected chi connectivity index (χ2v) is 7.44. The molecule has 2 N–H and O–H groups in total. The van der Waals surface area contributed by atoms with Crippen LogP contribution in [-0.4, -0.2) is 24.5 Å². The summed E-state index contributed by atoms with van der Waals surface area (Å²) in [4.78, 5) is 0. The molecule has 1 aliphatic heterocycles. The molecule has 1 aliphatic rings. The average Bonchev–Trinajstić information content (AvgIpc) is 2.64. The Morgan fingerprint density at radius 3 is 2.44 bits per heavy atom. The summed E-state index contributed by atoms with van der Waals surface area (Å²) in [7, 11) is -3.01. The molecule has 18 heavy (non-hydrogen) atoms. The molecule has 0 aliphatic carbocycles.